The van der Waals surface area contributed by atoms with Gasteiger partial charge in [0.1, 0.15) is 0 Å². The molecular formula is C13H18N2O2S. The highest BCUT2D eigenvalue weighted by molar-refractivity contribution is 7.11. The summed E-state index contributed by atoms with van der Waals surface area (Å²) in [5.74, 6) is -0.847. The van der Waals surface area contributed by atoms with Gasteiger partial charge in [-0.15, -0.1) is 24.5 Å². The number of carbonyl (C=O) groups is 1. The van der Waals surface area contributed by atoms with Gasteiger partial charge in [0.05, 0.1) is 17.1 Å². The molecule has 0 radical (unpaired) electrons. The Kier molecular flexibility index (Phi) is 5.74. The molecule has 0 saturated carbocycles. The predicted molar refractivity (Wildman–Crippen MR) is 73.9 cm³/mol. The number of rotatable bonds is 8. The standard InChI is InChI=1S/C13H18N2O2S/c1-4-6-15(7-5-2)9-12-11(8-13(16)17)14-10(3)18-12/h4-5H,1-2,6-9H2,3H3,(H,16,17). The van der Waals surface area contributed by atoms with Crippen molar-refractivity contribution in [3.8, 4) is 0 Å². The number of carboxylic acids is 1. The highest BCUT2D eigenvalue weighted by Crippen LogP contribution is 2.20. The first-order valence-corrected chi connectivity index (χ1v) is 6.49. The molecule has 1 aromatic heterocycles. The number of hydrogen-bond acceptors (Lipinski definition) is 4. The number of hydrogen-bond donors (Lipinski definition) is 1. The smallest absolute Gasteiger partial charge is 0.309 e. The fourth-order valence-electron chi connectivity index (χ4n) is 1.69. The van der Waals surface area contributed by atoms with Crippen LogP contribution in [0.1, 0.15) is 15.6 Å². The zero-order valence-corrected chi connectivity index (χ0v) is 11.4. The highest BCUT2D eigenvalue weighted by Gasteiger charge is 2.14. The molecule has 0 atom stereocenters. The number of carboxylic acid groups (broad SMARTS) is 1. The Bertz CT molecular complexity index is 430. The molecule has 1 N–H and O–H groups in total. The lowest BCUT2D eigenvalue weighted by Crippen LogP contribution is -2.23. The highest BCUT2D eigenvalue weighted by atomic mass is 32.1. The van der Waals surface area contributed by atoms with E-state index in [0.717, 1.165) is 23.0 Å². The Balaban J connectivity index is 2.83. The van der Waals surface area contributed by atoms with Crippen molar-refractivity contribution in [3.63, 3.8) is 0 Å². The van der Waals surface area contributed by atoms with Gasteiger partial charge < -0.3 is 5.11 Å². The fraction of sp³-hybridized carbons (Fsp3) is 0.385. The molecule has 0 aliphatic rings. The second kappa shape index (κ2) is 7.08. The van der Waals surface area contributed by atoms with Gasteiger partial charge >= 0.3 is 5.97 Å². The minimum absolute atomic E-state index is 0.0182. The Morgan fingerprint density at radius 1 is 1.44 bits per heavy atom. The summed E-state index contributed by atoms with van der Waals surface area (Å²) in [4.78, 5) is 18.2. The van der Waals surface area contributed by atoms with Crippen molar-refractivity contribution in [3.05, 3.63) is 40.9 Å². The van der Waals surface area contributed by atoms with E-state index in [-0.39, 0.29) is 6.42 Å². The normalized spacial score (nSPS) is 10.6. The third-order valence-corrected chi connectivity index (χ3v) is 3.34. The molecule has 0 amide bonds. The SMILES string of the molecule is C=CCN(CC=C)Cc1sc(C)nc1CC(=O)O. The van der Waals surface area contributed by atoms with Crippen LogP contribution < -0.4 is 0 Å². The molecule has 18 heavy (non-hydrogen) atoms. The maximum absolute atomic E-state index is 10.8. The summed E-state index contributed by atoms with van der Waals surface area (Å²) >= 11 is 1.55. The molecule has 4 nitrogen and oxygen atoms in total. The van der Waals surface area contributed by atoms with E-state index in [1.165, 1.54) is 0 Å². The van der Waals surface area contributed by atoms with Crippen LogP contribution in [0.3, 0.4) is 0 Å². The number of aliphatic carboxylic acids is 1. The van der Waals surface area contributed by atoms with Crippen molar-refractivity contribution in [1.29, 1.82) is 0 Å². The van der Waals surface area contributed by atoms with Crippen LogP contribution in [0.15, 0.2) is 25.3 Å². The quantitative estimate of drug-likeness (QED) is 0.733. The molecule has 5 heteroatoms. The molecule has 1 aromatic rings. The lowest BCUT2D eigenvalue weighted by molar-refractivity contribution is -0.136. The molecule has 0 spiro atoms. The van der Waals surface area contributed by atoms with Gasteiger partial charge in [-0.2, -0.15) is 0 Å². The maximum Gasteiger partial charge on any atom is 0.309 e. The third-order valence-electron chi connectivity index (χ3n) is 2.35. The van der Waals surface area contributed by atoms with Gasteiger partial charge in [0.15, 0.2) is 0 Å². The largest absolute Gasteiger partial charge is 0.481 e. The van der Waals surface area contributed by atoms with Gasteiger partial charge in [-0.25, -0.2) is 4.98 Å². The summed E-state index contributed by atoms with van der Waals surface area (Å²) in [6.07, 6.45) is 3.64. The molecule has 0 aliphatic heterocycles. The monoisotopic (exact) mass is 266 g/mol. The predicted octanol–water partition coefficient (Wildman–Crippen LogP) is 2.25. The summed E-state index contributed by atoms with van der Waals surface area (Å²) in [5.41, 5.74) is 0.670. The molecule has 1 rings (SSSR count). The van der Waals surface area contributed by atoms with Crippen LogP contribution in [0.25, 0.3) is 0 Å². The minimum atomic E-state index is -0.847. The third kappa shape index (κ3) is 4.43. The number of nitrogens with zero attached hydrogens (tertiary/aromatic N) is 2. The minimum Gasteiger partial charge on any atom is -0.481 e. The molecule has 0 bridgehead atoms. The summed E-state index contributed by atoms with van der Waals surface area (Å²) in [5, 5.41) is 9.76. The maximum atomic E-state index is 10.8. The van der Waals surface area contributed by atoms with Crippen molar-refractivity contribution in [2.24, 2.45) is 0 Å². The lowest BCUT2D eigenvalue weighted by Gasteiger charge is -2.17. The molecule has 98 valence electrons. The van der Waals surface area contributed by atoms with E-state index in [1.54, 1.807) is 11.3 Å². The van der Waals surface area contributed by atoms with Gasteiger partial charge in [-0.05, 0) is 6.92 Å². The van der Waals surface area contributed by atoms with Crippen molar-refractivity contribution in [2.75, 3.05) is 13.1 Å². The van der Waals surface area contributed by atoms with E-state index in [9.17, 15) is 4.79 Å². The van der Waals surface area contributed by atoms with Crippen LogP contribution in [0.5, 0.6) is 0 Å². The van der Waals surface area contributed by atoms with E-state index in [1.807, 2.05) is 19.1 Å². The summed E-state index contributed by atoms with van der Waals surface area (Å²) in [7, 11) is 0. The first-order chi connectivity index (χ1) is 8.56. The van der Waals surface area contributed by atoms with Gasteiger partial charge in [0, 0.05) is 24.5 Å². The average Bonchev–Trinajstić information content (AvgIpc) is 2.58. The lowest BCUT2D eigenvalue weighted by atomic mass is 10.2. The summed E-state index contributed by atoms with van der Waals surface area (Å²) < 4.78 is 0. The second-order valence-corrected chi connectivity index (χ2v) is 5.23. The summed E-state index contributed by atoms with van der Waals surface area (Å²) in [6.45, 7) is 11.5. The van der Waals surface area contributed by atoms with E-state index in [0.29, 0.717) is 12.2 Å². The Hall–Kier alpha value is -1.46. The number of aryl methyl sites for hydroxylation is 1. The molecule has 0 unspecified atom stereocenters. The van der Waals surface area contributed by atoms with Crippen LogP contribution in [-0.4, -0.2) is 34.0 Å². The fourth-order valence-corrected chi connectivity index (χ4v) is 2.68. The van der Waals surface area contributed by atoms with Crippen molar-refractivity contribution in [1.82, 2.24) is 9.88 Å². The molecule has 0 fully saturated rings. The number of aromatic nitrogens is 1. The van der Waals surface area contributed by atoms with E-state index in [2.05, 4.69) is 23.0 Å². The van der Waals surface area contributed by atoms with Crippen molar-refractivity contribution in [2.45, 2.75) is 19.9 Å². The molecule has 1 heterocycles. The van der Waals surface area contributed by atoms with Crippen LogP contribution in [0, 0.1) is 6.92 Å². The van der Waals surface area contributed by atoms with Crippen molar-refractivity contribution < 1.29 is 9.90 Å². The Morgan fingerprint density at radius 2 is 2.06 bits per heavy atom. The van der Waals surface area contributed by atoms with E-state index < -0.39 is 5.97 Å². The van der Waals surface area contributed by atoms with Crippen LogP contribution >= 0.6 is 11.3 Å². The van der Waals surface area contributed by atoms with Crippen LogP contribution in [0.2, 0.25) is 0 Å². The Morgan fingerprint density at radius 3 is 2.56 bits per heavy atom. The molecule has 0 aromatic carbocycles. The first kappa shape index (κ1) is 14.6. The topological polar surface area (TPSA) is 53.4 Å². The van der Waals surface area contributed by atoms with Gasteiger partial charge in [0.25, 0.3) is 0 Å². The number of thiazole rings is 1. The molecule has 0 aliphatic carbocycles. The van der Waals surface area contributed by atoms with Gasteiger partial charge in [-0.3, -0.25) is 9.69 Å². The zero-order valence-electron chi connectivity index (χ0n) is 10.6. The molecular weight excluding hydrogens is 248 g/mol. The Labute approximate surface area is 111 Å². The van der Waals surface area contributed by atoms with Gasteiger partial charge in [-0.1, -0.05) is 12.2 Å². The average molecular weight is 266 g/mol. The van der Waals surface area contributed by atoms with E-state index >= 15 is 0 Å². The van der Waals surface area contributed by atoms with Crippen molar-refractivity contribution >= 4 is 17.3 Å². The molecule has 0 saturated heterocycles. The zero-order chi connectivity index (χ0) is 13.5. The second-order valence-electron chi connectivity index (χ2n) is 3.94. The van der Waals surface area contributed by atoms with Gasteiger partial charge in [0.2, 0.25) is 0 Å². The van der Waals surface area contributed by atoms with Crippen LogP contribution in [0.4, 0.5) is 0 Å². The summed E-state index contributed by atoms with van der Waals surface area (Å²) in [6, 6.07) is 0. The van der Waals surface area contributed by atoms with Crippen LogP contribution in [-0.2, 0) is 17.8 Å². The first-order valence-electron chi connectivity index (χ1n) is 5.68. The van der Waals surface area contributed by atoms with E-state index in [4.69, 9.17) is 5.11 Å².